The van der Waals surface area contributed by atoms with Crippen molar-refractivity contribution in [1.82, 2.24) is 9.80 Å². The van der Waals surface area contributed by atoms with Gasteiger partial charge in [0.25, 0.3) is 0 Å². The van der Waals surface area contributed by atoms with Crippen LogP contribution in [0.25, 0.3) is 0 Å². The van der Waals surface area contributed by atoms with Crippen LogP contribution in [0.3, 0.4) is 0 Å². The van der Waals surface area contributed by atoms with E-state index in [2.05, 4.69) is 11.0 Å². The van der Waals surface area contributed by atoms with Crippen molar-refractivity contribution in [3.8, 4) is 11.8 Å². The van der Waals surface area contributed by atoms with Crippen molar-refractivity contribution in [2.75, 3.05) is 39.3 Å². The molecule has 0 aromatic heterocycles. The Balaban J connectivity index is 1.45. The van der Waals surface area contributed by atoms with Gasteiger partial charge in [-0.1, -0.05) is 0 Å². The van der Waals surface area contributed by atoms with Gasteiger partial charge >= 0.3 is 6.09 Å². The molecular formula is C16H19N3O4. The zero-order valence-electron chi connectivity index (χ0n) is 12.7. The minimum atomic E-state index is -0.874. The molecule has 2 saturated heterocycles. The van der Waals surface area contributed by atoms with E-state index >= 15 is 0 Å². The molecule has 2 fully saturated rings. The molecule has 1 aromatic rings. The summed E-state index contributed by atoms with van der Waals surface area (Å²) in [6.07, 6.45) is -0.997. The second kappa shape index (κ2) is 6.86. The fourth-order valence-electron chi connectivity index (χ4n) is 3.03. The van der Waals surface area contributed by atoms with E-state index in [9.17, 15) is 4.79 Å². The third-order valence-electron chi connectivity index (χ3n) is 4.09. The second-order valence-electron chi connectivity index (χ2n) is 5.81. The maximum absolute atomic E-state index is 11.1. The van der Waals surface area contributed by atoms with Crippen molar-refractivity contribution in [3.63, 3.8) is 0 Å². The Morgan fingerprint density at radius 2 is 1.91 bits per heavy atom. The molecule has 0 spiro atoms. The van der Waals surface area contributed by atoms with Gasteiger partial charge in [-0.25, -0.2) is 4.79 Å². The first-order chi connectivity index (χ1) is 11.1. The molecule has 2 atom stereocenters. The van der Waals surface area contributed by atoms with E-state index < -0.39 is 6.09 Å². The lowest BCUT2D eigenvalue weighted by molar-refractivity contribution is -0.132. The molecule has 2 aliphatic rings. The van der Waals surface area contributed by atoms with Gasteiger partial charge in [0, 0.05) is 19.6 Å². The summed E-state index contributed by atoms with van der Waals surface area (Å²) in [5.41, 5.74) is 0.612. The highest BCUT2D eigenvalue weighted by Gasteiger charge is 2.36. The molecule has 122 valence electrons. The summed E-state index contributed by atoms with van der Waals surface area (Å²) in [6, 6.07) is 9.11. The average Bonchev–Trinajstić information content (AvgIpc) is 2.54. The SMILES string of the molecule is N#Cc1ccc(OCCN2CC3CN(C(=O)O)CC(C2)O3)cc1. The number of nitriles is 1. The Morgan fingerprint density at radius 3 is 2.48 bits per heavy atom. The lowest BCUT2D eigenvalue weighted by Crippen LogP contribution is -2.60. The Bertz CT molecular complexity index is 584. The van der Waals surface area contributed by atoms with Crippen molar-refractivity contribution in [3.05, 3.63) is 29.8 Å². The molecule has 0 radical (unpaired) electrons. The monoisotopic (exact) mass is 317 g/mol. The maximum Gasteiger partial charge on any atom is 0.407 e. The van der Waals surface area contributed by atoms with Gasteiger partial charge in [-0.2, -0.15) is 5.26 Å². The van der Waals surface area contributed by atoms with Crippen LogP contribution >= 0.6 is 0 Å². The van der Waals surface area contributed by atoms with Gasteiger partial charge in [0.15, 0.2) is 0 Å². The van der Waals surface area contributed by atoms with Crippen LogP contribution in [0.15, 0.2) is 24.3 Å². The lowest BCUT2D eigenvalue weighted by Gasteiger charge is -2.44. The number of nitrogens with zero attached hydrogens (tertiary/aromatic N) is 3. The van der Waals surface area contributed by atoms with Crippen LogP contribution in [0, 0.1) is 11.3 Å². The fourth-order valence-corrected chi connectivity index (χ4v) is 3.03. The van der Waals surface area contributed by atoms with Crippen LogP contribution in [0.5, 0.6) is 5.75 Å². The van der Waals surface area contributed by atoms with Gasteiger partial charge in [-0.3, -0.25) is 4.90 Å². The zero-order chi connectivity index (χ0) is 16.2. The average molecular weight is 317 g/mol. The molecule has 0 aliphatic carbocycles. The van der Waals surface area contributed by atoms with Gasteiger partial charge in [0.05, 0.1) is 36.9 Å². The highest BCUT2D eigenvalue weighted by atomic mass is 16.5. The number of amides is 1. The van der Waals surface area contributed by atoms with E-state index in [1.807, 2.05) is 0 Å². The number of hydrogen-bond donors (Lipinski definition) is 1. The van der Waals surface area contributed by atoms with Crippen molar-refractivity contribution in [2.45, 2.75) is 12.2 Å². The van der Waals surface area contributed by atoms with Crippen LogP contribution in [0.1, 0.15) is 5.56 Å². The van der Waals surface area contributed by atoms with Crippen LogP contribution in [-0.4, -0.2) is 72.5 Å². The topological polar surface area (TPSA) is 86.0 Å². The highest BCUT2D eigenvalue weighted by molar-refractivity contribution is 5.65. The van der Waals surface area contributed by atoms with E-state index in [-0.39, 0.29) is 12.2 Å². The van der Waals surface area contributed by atoms with Gasteiger partial charge in [-0.05, 0) is 24.3 Å². The Kier molecular flexibility index (Phi) is 4.65. The summed E-state index contributed by atoms with van der Waals surface area (Å²) in [6.45, 7) is 3.61. The largest absolute Gasteiger partial charge is 0.492 e. The first kappa shape index (κ1) is 15.6. The summed E-state index contributed by atoms with van der Waals surface area (Å²) in [5.74, 6) is 0.745. The minimum absolute atomic E-state index is 0.0616. The number of hydrogen-bond acceptors (Lipinski definition) is 5. The number of ether oxygens (including phenoxy) is 2. The van der Waals surface area contributed by atoms with Crippen molar-refractivity contribution >= 4 is 6.09 Å². The quantitative estimate of drug-likeness (QED) is 0.891. The van der Waals surface area contributed by atoms with Gasteiger partial charge in [0.1, 0.15) is 12.4 Å². The van der Waals surface area contributed by atoms with E-state index in [4.69, 9.17) is 19.8 Å². The zero-order valence-corrected chi connectivity index (χ0v) is 12.7. The number of rotatable bonds is 4. The summed E-state index contributed by atoms with van der Waals surface area (Å²) < 4.78 is 11.5. The fraction of sp³-hybridized carbons (Fsp3) is 0.500. The van der Waals surface area contributed by atoms with Crippen molar-refractivity contribution < 1.29 is 19.4 Å². The van der Waals surface area contributed by atoms with Gasteiger partial charge in [-0.15, -0.1) is 0 Å². The van der Waals surface area contributed by atoms with Crippen LogP contribution < -0.4 is 4.74 Å². The Morgan fingerprint density at radius 1 is 1.26 bits per heavy atom. The molecule has 23 heavy (non-hydrogen) atoms. The number of carboxylic acid groups (broad SMARTS) is 1. The minimum Gasteiger partial charge on any atom is -0.492 e. The molecule has 1 amide bonds. The molecule has 2 aliphatic heterocycles. The predicted molar refractivity (Wildman–Crippen MR) is 81.4 cm³/mol. The van der Waals surface area contributed by atoms with E-state index in [1.165, 1.54) is 4.90 Å². The van der Waals surface area contributed by atoms with E-state index in [0.29, 0.717) is 25.3 Å². The molecule has 2 bridgehead atoms. The molecule has 2 unspecified atom stereocenters. The molecule has 3 rings (SSSR count). The summed E-state index contributed by atoms with van der Waals surface area (Å²) >= 11 is 0. The van der Waals surface area contributed by atoms with E-state index in [0.717, 1.165) is 25.4 Å². The van der Waals surface area contributed by atoms with E-state index in [1.54, 1.807) is 24.3 Å². The molecule has 1 aromatic carbocycles. The Labute approximate surface area is 134 Å². The number of carbonyl (C=O) groups is 1. The van der Waals surface area contributed by atoms with Crippen LogP contribution in [-0.2, 0) is 4.74 Å². The first-order valence-electron chi connectivity index (χ1n) is 7.62. The molecule has 2 heterocycles. The highest BCUT2D eigenvalue weighted by Crippen LogP contribution is 2.19. The standard InChI is InChI=1S/C16H19N3O4/c17-7-12-1-3-13(4-2-12)22-6-5-18-8-14-10-19(16(20)21)11-15(9-18)23-14/h1-4,14-15H,5-6,8-11H2,(H,20,21). The summed E-state index contributed by atoms with van der Waals surface area (Å²) in [7, 11) is 0. The summed E-state index contributed by atoms with van der Waals surface area (Å²) in [5, 5.41) is 17.8. The van der Waals surface area contributed by atoms with Crippen molar-refractivity contribution in [2.24, 2.45) is 0 Å². The van der Waals surface area contributed by atoms with Crippen molar-refractivity contribution in [1.29, 1.82) is 5.26 Å². The third kappa shape index (κ3) is 3.92. The van der Waals surface area contributed by atoms with Crippen LogP contribution in [0.2, 0.25) is 0 Å². The van der Waals surface area contributed by atoms with Gasteiger partial charge < -0.3 is 19.5 Å². The smallest absolute Gasteiger partial charge is 0.407 e. The normalized spacial score (nSPS) is 24.0. The molecule has 7 heteroatoms. The molecule has 1 N–H and O–H groups in total. The number of fused-ring (bicyclic) bond motifs is 2. The Hall–Kier alpha value is -2.30. The number of benzene rings is 1. The third-order valence-corrected chi connectivity index (χ3v) is 4.09. The maximum atomic E-state index is 11.1. The number of morpholine rings is 2. The molecule has 0 saturated carbocycles. The predicted octanol–water partition coefficient (Wildman–Crippen LogP) is 1.00. The molecular weight excluding hydrogens is 298 g/mol. The van der Waals surface area contributed by atoms with Crippen LogP contribution in [0.4, 0.5) is 4.79 Å². The van der Waals surface area contributed by atoms with Gasteiger partial charge in [0.2, 0.25) is 0 Å². The molecule has 7 nitrogen and oxygen atoms in total. The first-order valence-corrected chi connectivity index (χ1v) is 7.62. The second-order valence-corrected chi connectivity index (χ2v) is 5.81. The lowest BCUT2D eigenvalue weighted by atomic mass is 10.1. The summed E-state index contributed by atoms with van der Waals surface area (Å²) in [4.78, 5) is 14.7.